The van der Waals surface area contributed by atoms with Gasteiger partial charge in [-0.2, -0.15) is 0 Å². The number of hydrogen-bond donors (Lipinski definition) is 1. The fraction of sp³-hybridized carbons (Fsp3) is 0.286. The first-order valence-electron chi connectivity index (χ1n) is 6.30. The van der Waals surface area contributed by atoms with Crippen LogP contribution in [0.5, 0.6) is 0 Å². The molecule has 0 radical (unpaired) electrons. The molecule has 2 aromatic rings. The van der Waals surface area contributed by atoms with Crippen LogP contribution in [-0.2, 0) is 0 Å². The summed E-state index contributed by atoms with van der Waals surface area (Å²) in [6.45, 7) is 0. The van der Waals surface area contributed by atoms with Crippen LogP contribution in [0.15, 0.2) is 27.1 Å². The van der Waals surface area contributed by atoms with Crippen LogP contribution in [-0.4, -0.2) is 17.0 Å². The summed E-state index contributed by atoms with van der Waals surface area (Å²) in [5, 5.41) is 3.07. The average Bonchev–Trinajstić information content (AvgIpc) is 3.24. The van der Waals surface area contributed by atoms with Crippen molar-refractivity contribution in [1.29, 1.82) is 0 Å². The second-order valence-electron chi connectivity index (χ2n) is 4.74. The molecular formula is C14H12Br2FN3. The minimum absolute atomic E-state index is 0.283. The summed E-state index contributed by atoms with van der Waals surface area (Å²) >= 11 is 6.93. The second-order valence-corrected chi connectivity index (χ2v) is 6.39. The van der Waals surface area contributed by atoms with Gasteiger partial charge in [0.05, 0.1) is 10.2 Å². The van der Waals surface area contributed by atoms with Gasteiger partial charge in [0.15, 0.2) is 5.82 Å². The van der Waals surface area contributed by atoms with Gasteiger partial charge in [-0.1, -0.05) is 0 Å². The van der Waals surface area contributed by atoms with Crippen LogP contribution in [0.25, 0.3) is 11.4 Å². The largest absolute Gasteiger partial charge is 0.372 e. The molecule has 0 bridgehead atoms. The highest BCUT2D eigenvalue weighted by Crippen LogP contribution is 2.44. The molecule has 1 aliphatic carbocycles. The number of nitrogens with one attached hydrogen (secondary N) is 1. The SMILES string of the molecule is CNc1nc(-c2ccc(F)cc2Br)nc(C2CC2)c1Br. The smallest absolute Gasteiger partial charge is 0.162 e. The Morgan fingerprint density at radius 1 is 1.25 bits per heavy atom. The van der Waals surface area contributed by atoms with E-state index in [9.17, 15) is 4.39 Å². The Morgan fingerprint density at radius 2 is 2.00 bits per heavy atom. The minimum Gasteiger partial charge on any atom is -0.372 e. The van der Waals surface area contributed by atoms with Gasteiger partial charge in [-0.15, -0.1) is 0 Å². The molecule has 1 heterocycles. The second kappa shape index (κ2) is 5.41. The van der Waals surface area contributed by atoms with E-state index in [1.54, 1.807) is 6.07 Å². The lowest BCUT2D eigenvalue weighted by Crippen LogP contribution is -2.03. The number of rotatable bonds is 3. The van der Waals surface area contributed by atoms with Crippen molar-refractivity contribution < 1.29 is 4.39 Å². The fourth-order valence-electron chi connectivity index (χ4n) is 2.05. The number of halogens is 3. The number of benzene rings is 1. The summed E-state index contributed by atoms with van der Waals surface area (Å²) in [4.78, 5) is 9.15. The van der Waals surface area contributed by atoms with Crippen molar-refractivity contribution in [2.24, 2.45) is 0 Å². The van der Waals surface area contributed by atoms with E-state index in [0.717, 1.165) is 34.4 Å². The monoisotopic (exact) mass is 399 g/mol. The van der Waals surface area contributed by atoms with Crippen molar-refractivity contribution in [1.82, 2.24) is 9.97 Å². The minimum atomic E-state index is -0.283. The molecule has 0 amide bonds. The van der Waals surface area contributed by atoms with Crippen LogP contribution < -0.4 is 5.32 Å². The number of nitrogens with zero attached hydrogens (tertiary/aromatic N) is 2. The van der Waals surface area contributed by atoms with Gasteiger partial charge in [0, 0.05) is 23.0 Å². The van der Waals surface area contributed by atoms with E-state index < -0.39 is 0 Å². The highest BCUT2D eigenvalue weighted by molar-refractivity contribution is 9.11. The lowest BCUT2D eigenvalue weighted by molar-refractivity contribution is 0.627. The number of hydrogen-bond acceptors (Lipinski definition) is 3. The summed E-state index contributed by atoms with van der Waals surface area (Å²) < 4.78 is 14.8. The molecule has 1 aliphatic rings. The van der Waals surface area contributed by atoms with Crippen LogP contribution >= 0.6 is 31.9 Å². The van der Waals surface area contributed by atoms with E-state index in [1.165, 1.54) is 12.1 Å². The molecule has 0 aliphatic heterocycles. The topological polar surface area (TPSA) is 37.8 Å². The Labute approximate surface area is 133 Å². The summed E-state index contributed by atoms with van der Waals surface area (Å²) in [5.41, 5.74) is 1.81. The van der Waals surface area contributed by atoms with Gasteiger partial charge in [0.1, 0.15) is 11.6 Å². The van der Waals surface area contributed by atoms with Crippen LogP contribution in [0, 0.1) is 5.82 Å². The average molecular weight is 401 g/mol. The van der Waals surface area contributed by atoms with Gasteiger partial charge in [-0.3, -0.25) is 0 Å². The molecule has 1 N–H and O–H groups in total. The van der Waals surface area contributed by atoms with E-state index in [-0.39, 0.29) is 5.82 Å². The van der Waals surface area contributed by atoms with Crippen LogP contribution in [0.2, 0.25) is 0 Å². The molecule has 3 nitrogen and oxygen atoms in total. The lowest BCUT2D eigenvalue weighted by atomic mass is 10.2. The third kappa shape index (κ3) is 2.59. The molecule has 1 saturated carbocycles. The van der Waals surface area contributed by atoms with Crippen LogP contribution in [0.4, 0.5) is 10.2 Å². The Bertz CT molecular complexity index is 672. The highest BCUT2D eigenvalue weighted by atomic mass is 79.9. The van der Waals surface area contributed by atoms with E-state index in [2.05, 4.69) is 47.1 Å². The maximum atomic E-state index is 13.2. The van der Waals surface area contributed by atoms with Crippen molar-refractivity contribution in [2.45, 2.75) is 18.8 Å². The molecular weight excluding hydrogens is 389 g/mol. The molecule has 1 aromatic carbocycles. The maximum Gasteiger partial charge on any atom is 0.162 e. The predicted molar refractivity (Wildman–Crippen MR) is 84.3 cm³/mol. The first-order chi connectivity index (χ1) is 9.60. The zero-order valence-corrected chi connectivity index (χ0v) is 13.9. The molecule has 0 unspecified atom stereocenters. The van der Waals surface area contributed by atoms with Crippen molar-refractivity contribution in [2.75, 3.05) is 12.4 Å². The number of aromatic nitrogens is 2. The molecule has 20 heavy (non-hydrogen) atoms. The standard InChI is InChI=1S/C14H12Br2FN3/c1-18-14-11(16)12(7-2-3-7)19-13(20-14)9-5-4-8(17)6-10(9)15/h4-7H,2-3H2,1H3,(H,18,19,20). The molecule has 6 heteroatoms. The lowest BCUT2D eigenvalue weighted by Gasteiger charge is -2.11. The molecule has 0 saturated heterocycles. The Morgan fingerprint density at radius 3 is 2.60 bits per heavy atom. The maximum absolute atomic E-state index is 13.2. The van der Waals surface area contributed by atoms with Crippen LogP contribution in [0.3, 0.4) is 0 Å². The fourth-order valence-corrected chi connectivity index (χ4v) is 3.28. The molecule has 104 valence electrons. The molecule has 0 spiro atoms. The van der Waals surface area contributed by atoms with Crippen molar-refractivity contribution in [3.05, 3.63) is 38.7 Å². The quantitative estimate of drug-likeness (QED) is 0.809. The van der Waals surface area contributed by atoms with Gasteiger partial charge in [-0.25, -0.2) is 14.4 Å². The molecule has 0 atom stereocenters. The van der Waals surface area contributed by atoms with Gasteiger partial charge in [-0.05, 0) is 62.9 Å². The summed E-state index contributed by atoms with van der Waals surface area (Å²) in [6.07, 6.45) is 2.31. The zero-order valence-electron chi connectivity index (χ0n) is 10.8. The Kier molecular flexibility index (Phi) is 3.77. The predicted octanol–water partition coefficient (Wildman–Crippen LogP) is 4.73. The summed E-state index contributed by atoms with van der Waals surface area (Å²) in [7, 11) is 1.83. The van der Waals surface area contributed by atoms with Crippen LogP contribution in [0.1, 0.15) is 24.5 Å². The van der Waals surface area contributed by atoms with Crippen molar-refractivity contribution in [3.63, 3.8) is 0 Å². The first kappa shape index (κ1) is 13.9. The van der Waals surface area contributed by atoms with Gasteiger partial charge >= 0.3 is 0 Å². The third-order valence-electron chi connectivity index (χ3n) is 3.25. The highest BCUT2D eigenvalue weighted by Gasteiger charge is 2.29. The Balaban J connectivity index is 2.15. The number of anilines is 1. The molecule has 1 fully saturated rings. The normalized spacial score (nSPS) is 14.4. The van der Waals surface area contributed by atoms with Crippen molar-refractivity contribution in [3.8, 4) is 11.4 Å². The molecule has 1 aromatic heterocycles. The van der Waals surface area contributed by atoms with Gasteiger partial charge < -0.3 is 5.32 Å². The third-order valence-corrected chi connectivity index (χ3v) is 4.69. The Hall–Kier alpha value is -1.01. The van der Waals surface area contributed by atoms with Gasteiger partial charge in [0.2, 0.25) is 0 Å². The van der Waals surface area contributed by atoms with Crippen molar-refractivity contribution >= 4 is 37.7 Å². The van der Waals surface area contributed by atoms with Gasteiger partial charge in [0.25, 0.3) is 0 Å². The van der Waals surface area contributed by atoms with E-state index >= 15 is 0 Å². The summed E-state index contributed by atoms with van der Waals surface area (Å²) in [6, 6.07) is 4.54. The van der Waals surface area contributed by atoms with E-state index in [1.807, 2.05) is 7.05 Å². The molecule has 3 rings (SSSR count). The van der Waals surface area contributed by atoms with E-state index in [4.69, 9.17) is 0 Å². The summed E-state index contributed by atoms with van der Waals surface area (Å²) in [5.74, 6) is 1.57. The zero-order chi connectivity index (χ0) is 14.3. The van der Waals surface area contributed by atoms with E-state index in [0.29, 0.717) is 16.2 Å². The first-order valence-corrected chi connectivity index (χ1v) is 7.89.